The lowest BCUT2D eigenvalue weighted by Gasteiger charge is -2.24. The third kappa shape index (κ3) is 3.85. The Morgan fingerprint density at radius 2 is 1.85 bits per heavy atom. The number of carbonyl (C=O) groups is 2. The Bertz CT molecular complexity index is 963. The first-order valence-corrected chi connectivity index (χ1v) is 9.45. The molecule has 0 radical (unpaired) electrons. The van der Waals surface area contributed by atoms with Crippen molar-refractivity contribution in [1.82, 2.24) is 9.55 Å². The van der Waals surface area contributed by atoms with Crippen molar-refractivity contribution in [3.05, 3.63) is 46.2 Å². The first-order valence-electron chi connectivity index (χ1n) is 8.63. The van der Waals surface area contributed by atoms with Gasteiger partial charge in [-0.1, -0.05) is 12.1 Å². The van der Waals surface area contributed by atoms with Crippen LogP contribution in [0.1, 0.15) is 48.2 Å². The zero-order valence-electron chi connectivity index (χ0n) is 15.5. The summed E-state index contributed by atoms with van der Waals surface area (Å²) in [5.41, 5.74) is 1.58. The zero-order valence-corrected chi connectivity index (χ0v) is 16.3. The van der Waals surface area contributed by atoms with Gasteiger partial charge in [0.1, 0.15) is 0 Å². The maximum atomic E-state index is 12.4. The second-order valence-corrected chi connectivity index (χ2v) is 8.60. The lowest BCUT2D eigenvalue weighted by atomic mass is 10.1. The molecule has 0 aliphatic carbocycles. The van der Waals surface area contributed by atoms with Gasteiger partial charge in [-0.15, -0.1) is 11.3 Å². The van der Waals surface area contributed by atoms with E-state index >= 15 is 0 Å². The molecule has 5 nitrogen and oxygen atoms in total. The maximum absolute atomic E-state index is 12.4. The van der Waals surface area contributed by atoms with Crippen molar-refractivity contribution >= 4 is 40.0 Å². The molecule has 2 aromatic heterocycles. The normalized spacial score (nSPS) is 11.7. The van der Waals surface area contributed by atoms with Gasteiger partial charge in [-0.3, -0.25) is 14.9 Å². The number of imidazole rings is 1. The van der Waals surface area contributed by atoms with E-state index in [1.807, 2.05) is 47.9 Å². The SMILES string of the molecule is Cc1ccc(C(=O)CCC(=O)Nc2nc3ccccc3n2C(C)(C)C)s1. The average Bonchev–Trinajstić information content (AvgIpc) is 3.15. The summed E-state index contributed by atoms with van der Waals surface area (Å²) < 4.78 is 2.02. The second kappa shape index (κ2) is 7.03. The molecule has 26 heavy (non-hydrogen) atoms. The molecule has 2 heterocycles. The van der Waals surface area contributed by atoms with Crippen LogP contribution in [0.4, 0.5) is 5.95 Å². The Morgan fingerprint density at radius 1 is 1.12 bits per heavy atom. The van der Waals surface area contributed by atoms with Gasteiger partial charge in [-0.2, -0.15) is 0 Å². The molecule has 3 rings (SSSR count). The molecule has 0 unspecified atom stereocenters. The number of aryl methyl sites for hydroxylation is 1. The summed E-state index contributed by atoms with van der Waals surface area (Å²) in [6.07, 6.45) is 0.338. The van der Waals surface area contributed by atoms with E-state index in [1.54, 1.807) is 0 Å². The van der Waals surface area contributed by atoms with Crippen molar-refractivity contribution < 1.29 is 9.59 Å². The van der Waals surface area contributed by atoms with E-state index in [9.17, 15) is 9.59 Å². The van der Waals surface area contributed by atoms with E-state index in [-0.39, 0.29) is 30.1 Å². The predicted molar refractivity (Wildman–Crippen MR) is 106 cm³/mol. The Morgan fingerprint density at radius 3 is 2.50 bits per heavy atom. The van der Waals surface area contributed by atoms with Crippen LogP contribution in [-0.4, -0.2) is 21.2 Å². The minimum Gasteiger partial charge on any atom is -0.305 e. The number of hydrogen-bond donors (Lipinski definition) is 1. The fourth-order valence-electron chi connectivity index (χ4n) is 2.91. The summed E-state index contributed by atoms with van der Waals surface area (Å²) in [5.74, 6) is 0.318. The van der Waals surface area contributed by atoms with E-state index in [0.29, 0.717) is 10.8 Å². The number of aromatic nitrogens is 2. The average molecular weight is 369 g/mol. The van der Waals surface area contributed by atoms with Crippen LogP contribution in [-0.2, 0) is 10.3 Å². The van der Waals surface area contributed by atoms with Gasteiger partial charge in [0.2, 0.25) is 11.9 Å². The molecule has 0 atom stereocenters. The Labute approximate surface area is 157 Å². The van der Waals surface area contributed by atoms with Crippen LogP contribution in [0.3, 0.4) is 0 Å². The Balaban J connectivity index is 1.74. The Kier molecular flexibility index (Phi) is 4.96. The van der Waals surface area contributed by atoms with E-state index in [0.717, 1.165) is 15.9 Å². The minimum absolute atomic E-state index is 0.00238. The molecule has 0 saturated carbocycles. The molecule has 136 valence electrons. The second-order valence-electron chi connectivity index (χ2n) is 7.31. The molecule has 0 fully saturated rings. The molecule has 6 heteroatoms. The highest BCUT2D eigenvalue weighted by Crippen LogP contribution is 2.28. The molecule has 0 aliphatic heterocycles. The van der Waals surface area contributed by atoms with Crippen LogP contribution in [0.25, 0.3) is 11.0 Å². The summed E-state index contributed by atoms with van der Waals surface area (Å²) in [4.78, 5) is 30.9. The van der Waals surface area contributed by atoms with E-state index < -0.39 is 0 Å². The summed E-state index contributed by atoms with van der Waals surface area (Å²) in [5, 5.41) is 2.88. The van der Waals surface area contributed by atoms with E-state index in [1.165, 1.54) is 11.3 Å². The zero-order chi connectivity index (χ0) is 18.9. The number of anilines is 1. The summed E-state index contributed by atoms with van der Waals surface area (Å²) in [7, 11) is 0. The minimum atomic E-state index is -0.233. The topological polar surface area (TPSA) is 64.0 Å². The molecular formula is C20H23N3O2S. The number of fused-ring (bicyclic) bond motifs is 1. The van der Waals surface area contributed by atoms with Crippen LogP contribution in [0, 0.1) is 6.92 Å². The van der Waals surface area contributed by atoms with Crippen LogP contribution < -0.4 is 5.32 Å². The van der Waals surface area contributed by atoms with Crippen molar-refractivity contribution in [2.24, 2.45) is 0 Å². The number of thiophene rings is 1. The van der Waals surface area contributed by atoms with Gasteiger partial charge in [-0.05, 0) is 52.0 Å². The highest BCUT2D eigenvalue weighted by molar-refractivity contribution is 7.14. The number of rotatable bonds is 5. The first kappa shape index (κ1) is 18.3. The number of para-hydroxylation sites is 2. The van der Waals surface area contributed by atoms with Crippen molar-refractivity contribution in [2.45, 2.75) is 46.1 Å². The number of Topliss-reactive ketones (excluding diaryl/α,β-unsaturated/α-hetero) is 1. The van der Waals surface area contributed by atoms with E-state index in [4.69, 9.17) is 0 Å². The Hall–Kier alpha value is -2.47. The number of carbonyl (C=O) groups excluding carboxylic acids is 2. The highest BCUT2D eigenvalue weighted by Gasteiger charge is 2.22. The number of hydrogen-bond acceptors (Lipinski definition) is 4. The standard InChI is InChI=1S/C20H23N3O2S/c1-13-9-11-17(26-13)16(24)10-12-18(25)22-19-21-14-7-5-6-8-15(14)23(19)20(2,3)4/h5-9,11H,10,12H2,1-4H3,(H,21,22,25). The summed E-state index contributed by atoms with van der Waals surface area (Å²) >= 11 is 1.46. The van der Waals surface area contributed by atoms with Gasteiger partial charge in [-0.25, -0.2) is 4.98 Å². The number of ketones is 1. The molecule has 0 aliphatic rings. The number of nitrogens with zero attached hydrogens (tertiary/aromatic N) is 2. The van der Waals surface area contributed by atoms with Crippen molar-refractivity contribution in [1.29, 1.82) is 0 Å². The van der Waals surface area contributed by atoms with Crippen LogP contribution >= 0.6 is 11.3 Å². The van der Waals surface area contributed by atoms with Gasteiger partial charge in [0.25, 0.3) is 0 Å². The lowest BCUT2D eigenvalue weighted by molar-refractivity contribution is -0.116. The number of benzene rings is 1. The third-order valence-corrected chi connectivity index (χ3v) is 5.12. The van der Waals surface area contributed by atoms with E-state index in [2.05, 4.69) is 31.1 Å². The monoisotopic (exact) mass is 369 g/mol. The molecule has 0 bridgehead atoms. The van der Waals surface area contributed by atoms with Crippen LogP contribution in [0.5, 0.6) is 0 Å². The summed E-state index contributed by atoms with van der Waals surface area (Å²) in [6, 6.07) is 11.5. The van der Waals surface area contributed by atoms with Gasteiger partial charge < -0.3 is 4.57 Å². The fourth-order valence-corrected chi connectivity index (χ4v) is 3.75. The molecule has 1 N–H and O–H groups in total. The molecule has 0 saturated heterocycles. The third-order valence-electron chi connectivity index (χ3n) is 4.08. The smallest absolute Gasteiger partial charge is 0.227 e. The van der Waals surface area contributed by atoms with Gasteiger partial charge in [0, 0.05) is 23.3 Å². The first-order chi connectivity index (χ1) is 12.3. The maximum Gasteiger partial charge on any atom is 0.227 e. The van der Waals surface area contributed by atoms with Crippen LogP contribution in [0.15, 0.2) is 36.4 Å². The molecule has 1 amide bonds. The predicted octanol–water partition coefficient (Wildman–Crippen LogP) is 4.76. The van der Waals surface area contributed by atoms with Crippen molar-refractivity contribution in [2.75, 3.05) is 5.32 Å². The fraction of sp³-hybridized carbons (Fsp3) is 0.350. The highest BCUT2D eigenvalue weighted by atomic mass is 32.1. The number of amides is 1. The summed E-state index contributed by atoms with van der Waals surface area (Å²) in [6.45, 7) is 8.17. The molecule has 0 spiro atoms. The van der Waals surface area contributed by atoms with Crippen LogP contribution in [0.2, 0.25) is 0 Å². The molecule has 3 aromatic rings. The number of nitrogens with one attached hydrogen (secondary N) is 1. The molecular weight excluding hydrogens is 346 g/mol. The molecule has 1 aromatic carbocycles. The van der Waals surface area contributed by atoms with Gasteiger partial charge in [0.05, 0.1) is 15.9 Å². The lowest BCUT2D eigenvalue weighted by Crippen LogP contribution is -2.26. The van der Waals surface area contributed by atoms with Gasteiger partial charge >= 0.3 is 0 Å². The largest absolute Gasteiger partial charge is 0.305 e. The quantitative estimate of drug-likeness (QED) is 0.659. The van der Waals surface area contributed by atoms with Crippen molar-refractivity contribution in [3.8, 4) is 0 Å². The van der Waals surface area contributed by atoms with Crippen molar-refractivity contribution in [3.63, 3.8) is 0 Å². The van der Waals surface area contributed by atoms with Gasteiger partial charge in [0.15, 0.2) is 5.78 Å².